The predicted molar refractivity (Wildman–Crippen MR) is 98.1 cm³/mol. The topological polar surface area (TPSA) is 91.3 Å². The van der Waals surface area contributed by atoms with Gasteiger partial charge >= 0.3 is 6.36 Å². The van der Waals surface area contributed by atoms with Crippen molar-refractivity contribution in [1.29, 1.82) is 0 Å². The molecule has 1 amide bonds. The van der Waals surface area contributed by atoms with Crippen LogP contribution in [0.15, 0.2) is 36.5 Å². The summed E-state index contributed by atoms with van der Waals surface area (Å²) >= 11 is 0. The second-order valence-electron chi connectivity index (χ2n) is 6.12. The second-order valence-corrected chi connectivity index (χ2v) is 6.12. The van der Waals surface area contributed by atoms with Gasteiger partial charge in [0.2, 0.25) is 0 Å². The number of amides is 1. The Morgan fingerprint density at radius 2 is 2.00 bits per heavy atom. The van der Waals surface area contributed by atoms with Crippen LogP contribution >= 0.6 is 0 Å². The molecule has 1 aliphatic heterocycles. The number of hydrogen-bond donors (Lipinski definition) is 2. The van der Waals surface area contributed by atoms with Crippen molar-refractivity contribution in [2.45, 2.75) is 25.6 Å². The van der Waals surface area contributed by atoms with E-state index in [2.05, 4.69) is 20.4 Å². The summed E-state index contributed by atoms with van der Waals surface area (Å²) in [5.74, 6) is -0.604. The maximum absolute atomic E-state index is 12.4. The number of alkyl halides is 3. The largest absolute Gasteiger partial charge is 0.573 e. The summed E-state index contributed by atoms with van der Waals surface area (Å²) in [4.78, 5) is 16.7. The molecular weight excluding hydrogens is 373 g/mol. The number of ether oxygens (including phenoxy) is 1. The number of anilines is 2. The number of nitrogens with one attached hydrogen (secondary N) is 1. The van der Waals surface area contributed by atoms with Crippen molar-refractivity contribution in [3.63, 3.8) is 0 Å². The summed E-state index contributed by atoms with van der Waals surface area (Å²) in [7, 11) is 0. The second kappa shape index (κ2) is 8.30. The third-order valence-corrected chi connectivity index (χ3v) is 3.98. The first-order chi connectivity index (χ1) is 13.4. The predicted octanol–water partition coefficient (Wildman–Crippen LogP) is 3.73. The number of hydrogen-bond acceptors (Lipinski definition) is 5. The van der Waals surface area contributed by atoms with Gasteiger partial charge in [0.25, 0.3) is 5.91 Å². The highest BCUT2D eigenvalue weighted by atomic mass is 19.4. The summed E-state index contributed by atoms with van der Waals surface area (Å²) in [6, 6.07) is 7.14. The lowest BCUT2D eigenvalue weighted by molar-refractivity contribution is -0.274. The summed E-state index contributed by atoms with van der Waals surface area (Å²) < 4.78 is 41.3. The van der Waals surface area contributed by atoms with E-state index in [1.807, 2.05) is 6.07 Å². The van der Waals surface area contributed by atoms with Gasteiger partial charge in [-0.25, -0.2) is 10.3 Å². The molecule has 0 saturated heterocycles. The van der Waals surface area contributed by atoms with Gasteiger partial charge in [0.05, 0.1) is 5.56 Å². The number of nitrogens with two attached hydrogens (primary N) is 1. The van der Waals surface area contributed by atoms with E-state index in [-0.39, 0.29) is 17.1 Å². The Morgan fingerprint density at radius 1 is 1.18 bits per heavy atom. The first-order valence-corrected chi connectivity index (χ1v) is 8.64. The average molecular weight is 391 g/mol. The van der Waals surface area contributed by atoms with Gasteiger partial charge in [0, 0.05) is 23.6 Å². The number of pyridine rings is 1. The summed E-state index contributed by atoms with van der Waals surface area (Å²) in [5, 5.41) is 6.68. The summed E-state index contributed by atoms with van der Waals surface area (Å²) in [6.45, 7) is 0.569. The lowest BCUT2D eigenvalue weighted by Gasteiger charge is -2.17. The number of fused-ring (bicyclic) bond motifs is 1. The fourth-order valence-corrected chi connectivity index (χ4v) is 2.80. The molecule has 0 fully saturated rings. The third-order valence-electron chi connectivity index (χ3n) is 3.98. The molecular formula is C19H18F3N4O2. The van der Waals surface area contributed by atoms with Crippen molar-refractivity contribution in [3.8, 4) is 5.75 Å². The molecule has 1 aliphatic rings. The third kappa shape index (κ3) is 5.01. The highest BCUT2D eigenvalue weighted by molar-refractivity contribution is 6.05. The van der Waals surface area contributed by atoms with E-state index in [4.69, 9.17) is 5.73 Å². The molecule has 28 heavy (non-hydrogen) atoms. The molecule has 0 aliphatic carbocycles. The lowest BCUT2D eigenvalue weighted by Crippen LogP contribution is -2.19. The normalized spacial score (nSPS) is 13.1. The molecule has 0 bridgehead atoms. The van der Waals surface area contributed by atoms with Crippen LogP contribution in [-0.4, -0.2) is 23.8 Å². The number of unbranched alkanes of at least 4 members (excludes halogenated alkanes) is 1. The quantitative estimate of drug-likeness (QED) is 0.702. The molecule has 0 unspecified atom stereocenters. The van der Waals surface area contributed by atoms with E-state index >= 15 is 0 Å². The van der Waals surface area contributed by atoms with Gasteiger partial charge in [-0.05, 0) is 55.6 Å². The molecule has 1 aromatic carbocycles. The minimum Gasteiger partial charge on any atom is -0.406 e. The Balaban J connectivity index is 1.92. The smallest absolute Gasteiger partial charge is 0.406 e. The van der Waals surface area contributed by atoms with Crippen molar-refractivity contribution in [1.82, 2.24) is 10.3 Å². The monoisotopic (exact) mass is 391 g/mol. The highest BCUT2D eigenvalue weighted by Crippen LogP contribution is 2.30. The first kappa shape index (κ1) is 19.7. The van der Waals surface area contributed by atoms with Crippen LogP contribution in [-0.2, 0) is 6.42 Å². The molecule has 3 N–H and O–H groups in total. The molecule has 147 valence electrons. The van der Waals surface area contributed by atoms with E-state index in [0.29, 0.717) is 24.2 Å². The molecule has 0 spiro atoms. The van der Waals surface area contributed by atoms with Crippen molar-refractivity contribution in [3.05, 3.63) is 53.4 Å². The van der Waals surface area contributed by atoms with Crippen molar-refractivity contribution in [2.24, 2.45) is 5.73 Å². The Bertz CT molecular complexity index is 897. The van der Waals surface area contributed by atoms with Crippen LogP contribution in [0.2, 0.25) is 0 Å². The standard InChI is InChI=1S/C19H18F3N4O2/c20-19(21,22)28-15-6-3-5-14(11-15)26-17-16-12(7-9-24-18(16)27)10-13(25-17)4-1-2-8-23/h3,5-7,9-11H,1-2,4,8,23H2,(H,25,26). The minimum atomic E-state index is -4.79. The highest BCUT2D eigenvalue weighted by Gasteiger charge is 2.31. The van der Waals surface area contributed by atoms with Crippen LogP contribution in [0.3, 0.4) is 0 Å². The van der Waals surface area contributed by atoms with Crippen LogP contribution in [0, 0.1) is 0 Å². The summed E-state index contributed by atoms with van der Waals surface area (Å²) in [5.41, 5.74) is 7.50. The molecule has 0 saturated carbocycles. The van der Waals surface area contributed by atoms with Crippen molar-refractivity contribution in [2.75, 3.05) is 11.9 Å². The molecule has 0 atom stereocenters. The molecule has 6 nitrogen and oxygen atoms in total. The maximum Gasteiger partial charge on any atom is 0.573 e. The Kier molecular flexibility index (Phi) is 5.84. The number of benzene rings is 1. The van der Waals surface area contributed by atoms with Crippen molar-refractivity contribution >= 4 is 23.5 Å². The Hall–Kier alpha value is -3.07. The van der Waals surface area contributed by atoms with Gasteiger partial charge in [0.1, 0.15) is 11.6 Å². The average Bonchev–Trinajstić information content (AvgIpc) is 2.61. The Labute approximate surface area is 159 Å². The van der Waals surface area contributed by atoms with E-state index in [1.54, 1.807) is 12.1 Å². The SMILES string of the molecule is NCCCCc1cc2c(c(Nc3cccc(OC(F)(F)F)c3)n1)C(=O)[N]C=C2. The van der Waals surface area contributed by atoms with Crippen LogP contribution in [0.4, 0.5) is 24.7 Å². The zero-order valence-corrected chi connectivity index (χ0v) is 14.8. The number of nitrogens with zero attached hydrogens (tertiary/aromatic N) is 2. The van der Waals surface area contributed by atoms with Gasteiger partial charge in [-0.3, -0.25) is 4.79 Å². The number of aryl methyl sites for hydroxylation is 1. The number of aromatic nitrogens is 1. The van der Waals surface area contributed by atoms with Gasteiger partial charge in [-0.1, -0.05) is 6.07 Å². The van der Waals surface area contributed by atoms with Crippen LogP contribution < -0.4 is 21.1 Å². The lowest BCUT2D eigenvalue weighted by atomic mass is 10.0. The first-order valence-electron chi connectivity index (χ1n) is 8.64. The Morgan fingerprint density at radius 3 is 2.75 bits per heavy atom. The van der Waals surface area contributed by atoms with Gasteiger partial charge in [-0.15, -0.1) is 13.2 Å². The number of halogens is 3. The van der Waals surface area contributed by atoms with Crippen LogP contribution in [0.1, 0.15) is 34.5 Å². The fourth-order valence-electron chi connectivity index (χ4n) is 2.80. The van der Waals surface area contributed by atoms with E-state index in [0.717, 1.165) is 18.5 Å². The zero-order chi connectivity index (χ0) is 20.1. The molecule has 2 aromatic rings. The van der Waals surface area contributed by atoms with Gasteiger partial charge in [0.15, 0.2) is 0 Å². The van der Waals surface area contributed by atoms with Gasteiger partial charge < -0.3 is 15.8 Å². The van der Waals surface area contributed by atoms with E-state index in [1.165, 1.54) is 24.4 Å². The summed E-state index contributed by atoms with van der Waals surface area (Å²) in [6.07, 6.45) is 0.643. The molecule has 3 rings (SSSR count). The van der Waals surface area contributed by atoms with Crippen molar-refractivity contribution < 1.29 is 22.7 Å². The number of rotatable bonds is 7. The maximum atomic E-state index is 12.4. The van der Waals surface area contributed by atoms with Crippen LogP contribution in [0.25, 0.3) is 6.08 Å². The van der Waals surface area contributed by atoms with E-state index < -0.39 is 12.3 Å². The van der Waals surface area contributed by atoms with E-state index in [9.17, 15) is 18.0 Å². The molecule has 1 radical (unpaired) electrons. The fraction of sp³-hybridized carbons (Fsp3) is 0.263. The zero-order valence-electron chi connectivity index (χ0n) is 14.8. The van der Waals surface area contributed by atoms with Crippen LogP contribution in [0.5, 0.6) is 5.75 Å². The molecule has 1 aromatic heterocycles. The molecule has 2 heterocycles. The number of carbonyl (C=O) groups excluding carboxylic acids is 1. The van der Waals surface area contributed by atoms with Gasteiger partial charge in [-0.2, -0.15) is 0 Å². The molecule has 9 heteroatoms. The minimum absolute atomic E-state index is 0.238. The number of carbonyl (C=O) groups is 1.